The fraction of sp³-hybridized carbons (Fsp3) is 0.429. The van der Waals surface area contributed by atoms with Gasteiger partial charge in [0, 0.05) is 31.2 Å². The third-order valence-electron chi connectivity index (χ3n) is 3.16. The van der Waals surface area contributed by atoms with E-state index in [0.29, 0.717) is 12.6 Å². The van der Waals surface area contributed by atoms with E-state index in [9.17, 15) is 0 Å². The minimum absolute atomic E-state index is 0.486. The molecule has 2 aromatic rings. The summed E-state index contributed by atoms with van der Waals surface area (Å²) in [7, 11) is 1.67. The summed E-state index contributed by atoms with van der Waals surface area (Å²) in [6, 6.07) is 11.2. The summed E-state index contributed by atoms with van der Waals surface area (Å²) >= 11 is 1.47. The van der Waals surface area contributed by atoms with Crippen LogP contribution in [0, 0.1) is 0 Å². The van der Waals surface area contributed by atoms with Crippen LogP contribution >= 0.6 is 11.5 Å². The highest BCUT2D eigenvalue weighted by Gasteiger charge is 2.31. The van der Waals surface area contributed by atoms with Crippen LogP contribution < -0.4 is 4.90 Å². The van der Waals surface area contributed by atoms with Crippen LogP contribution in [0.25, 0.3) is 0 Å². The van der Waals surface area contributed by atoms with Crippen molar-refractivity contribution >= 4 is 16.7 Å². The minimum Gasteiger partial charge on any atom is -0.377 e. The number of aromatic nitrogens is 2. The second-order valence-corrected chi connectivity index (χ2v) is 5.50. The lowest BCUT2D eigenvalue weighted by Gasteiger charge is -2.20. The molecule has 1 aromatic heterocycles. The van der Waals surface area contributed by atoms with Crippen molar-refractivity contribution in [3.63, 3.8) is 0 Å². The van der Waals surface area contributed by atoms with Crippen LogP contribution in [-0.4, -0.2) is 22.5 Å². The first-order valence-corrected chi connectivity index (χ1v) is 7.26. The van der Waals surface area contributed by atoms with Gasteiger partial charge in [0.15, 0.2) is 5.82 Å². The molecule has 0 aliphatic heterocycles. The molecule has 4 nitrogen and oxygen atoms in total. The van der Waals surface area contributed by atoms with Crippen molar-refractivity contribution in [2.75, 3.05) is 12.0 Å². The number of rotatable bonds is 6. The summed E-state index contributed by atoms with van der Waals surface area (Å²) in [5.74, 6) is 0.779. The van der Waals surface area contributed by atoms with Crippen LogP contribution in [-0.2, 0) is 17.9 Å². The molecule has 100 valence electrons. The van der Waals surface area contributed by atoms with Crippen molar-refractivity contribution in [2.24, 2.45) is 0 Å². The number of anilines is 1. The molecule has 1 aromatic carbocycles. The topological polar surface area (TPSA) is 38.2 Å². The van der Waals surface area contributed by atoms with E-state index in [4.69, 9.17) is 4.74 Å². The highest BCUT2D eigenvalue weighted by Crippen LogP contribution is 2.33. The third kappa shape index (κ3) is 3.11. The van der Waals surface area contributed by atoms with E-state index in [1.54, 1.807) is 7.11 Å². The molecule has 1 aliphatic carbocycles. The van der Waals surface area contributed by atoms with Gasteiger partial charge in [-0.25, -0.2) is 4.98 Å². The first kappa shape index (κ1) is 12.6. The molecular formula is C14H17N3OS. The van der Waals surface area contributed by atoms with E-state index < -0.39 is 0 Å². The molecule has 0 spiro atoms. The summed E-state index contributed by atoms with van der Waals surface area (Å²) in [5.41, 5.74) is 1.32. The van der Waals surface area contributed by atoms with Crippen molar-refractivity contribution in [3.05, 3.63) is 41.7 Å². The summed E-state index contributed by atoms with van der Waals surface area (Å²) in [4.78, 5) is 6.93. The summed E-state index contributed by atoms with van der Waals surface area (Å²) in [5, 5.41) is 1.01. The average Bonchev–Trinajstić information content (AvgIpc) is 3.18. The molecule has 0 unspecified atom stereocenters. The Balaban J connectivity index is 1.76. The van der Waals surface area contributed by atoms with Crippen molar-refractivity contribution in [2.45, 2.75) is 32.0 Å². The zero-order valence-corrected chi connectivity index (χ0v) is 11.8. The maximum absolute atomic E-state index is 5.08. The molecule has 0 saturated heterocycles. The maximum Gasteiger partial charge on any atom is 0.205 e. The van der Waals surface area contributed by atoms with E-state index in [2.05, 4.69) is 38.5 Å². The SMILES string of the molecule is COCc1nsc(N(Cc2ccccc2)C2CC2)n1. The molecule has 19 heavy (non-hydrogen) atoms. The van der Waals surface area contributed by atoms with Crippen LogP contribution in [0.2, 0.25) is 0 Å². The van der Waals surface area contributed by atoms with Crippen LogP contribution in [0.15, 0.2) is 30.3 Å². The van der Waals surface area contributed by atoms with Crippen LogP contribution in [0.5, 0.6) is 0 Å². The van der Waals surface area contributed by atoms with Crippen molar-refractivity contribution in [1.29, 1.82) is 0 Å². The van der Waals surface area contributed by atoms with E-state index in [1.165, 1.54) is 29.9 Å². The molecule has 0 amide bonds. The maximum atomic E-state index is 5.08. The number of hydrogen-bond acceptors (Lipinski definition) is 5. The largest absolute Gasteiger partial charge is 0.377 e. The molecule has 3 rings (SSSR count). The highest BCUT2D eigenvalue weighted by atomic mass is 32.1. The van der Waals surface area contributed by atoms with Gasteiger partial charge in [0.05, 0.1) is 0 Å². The second-order valence-electron chi connectivity index (χ2n) is 4.77. The first-order valence-electron chi connectivity index (χ1n) is 6.49. The molecule has 1 heterocycles. The molecule has 1 fully saturated rings. The molecule has 0 atom stereocenters. The number of nitrogens with zero attached hydrogens (tertiary/aromatic N) is 3. The predicted octanol–water partition coefficient (Wildman–Crippen LogP) is 2.85. The fourth-order valence-corrected chi connectivity index (χ4v) is 2.81. The van der Waals surface area contributed by atoms with Crippen LogP contribution in [0.4, 0.5) is 5.13 Å². The lowest BCUT2D eigenvalue weighted by molar-refractivity contribution is 0.179. The summed E-state index contributed by atoms with van der Waals surface area (Å²) in [6.07, 6.45) is 2.51. The number of ether oxygens (including phenoxy) is 1. The zero-order chi connectivity index (χ0) is 13.1. The standard InChI is InChI=1S/C14H17N3OS/c1-18-10-13-15-14(19-16-13)17(12-7-8-12)9-11-5-3-2-4-6-11/h2-6,12H,7-10H2,1H3. The molecule has 1 saturated carbocycles. The van der Waals surface area contributed by atoms with Gasteiger partial charge in [-0.3, -0.25) is 0 Å². The molecule has 0 N–H and O–H groups in total. The molecular weight excluding hydrogens is 258 g/mol. The molecule has 1 aliphatic rings. The van der Waals surface area contributed by atoms with E-state index >= 15 is 0 Å². The van der Waals surface area contributed by atoms with Crippen molar-refractivity contribution < 1.29 is 4.74 Å². The normalized spacial score (nSPS) is 14.6. The van der Waals surface area contributed by atoms with Gasteiger partial charge >= 0.3 is 0 Å². The Morgan fingerprint density at radius 3 is 2.79 bits per heavy atom. The van der Waals surface area contributed by atoms with Gasteiger partial charge in [-0.2, -0.15) is 4.37 Å². The average molecular weight is 275 g/mol. The first-order chi connectivity index (χ1) is 9.36. The van der Waals surface area contributed by atoms with Gasteiger partial charge < -0.3 is 9.64 Å². The lowest BCUT2D eigenvalue weighted by atomic mass is 10.2. The molecule has 5 heteroatoms. The lowest BCUT2D eigenvalue weighted by Crippen LogP contribution is -2.24. The molecule has 0 bridgehead atoms. The van der Waals surface area contributed by atoms with Gasteiger partial charge in [-0.1, -0.05) is 30.3 Å². The van der Waals surface area contributed by atoms with Crippen molar-refractivity contribution in [3.8, 4) is 0 Å². The summed E-state index contributed by atoms with van der Waals surface area (Å²) in [6.45, 7) is 1.40. The minimum atomic E-state index is 0.486. The highest BCUT2D eigenvalue weighted by molar-refractivity contribution is 7.09. The van der Waals surface area contributed by atoms with Crippen LogP contribution in [0.1, 0.15) is 24.2 Å². The Hall–Kier alpha value is -1.46. The number of methoxy groups -OCH3 is 1. The van der Waals surface area contributed by atoms with Gasteiger partial charge in [-0.15, -0.1) is 0 Å². The Kier molecular flexibility index (Phi) is 3.75. The Morgan fingerprint density at radius 2 is 2.11 bits per heavy atom. The fourth-order valence-electron chi connectivity index (χ4n) is 2.07. The Bertz CT molecular complexity index is 524. The van der Waals surface area contributed by atoms with Gasteiger partial charge in [0.25, 0.3) is 0 Å². The third-order valence-corrected chi connectivity index (χ3v) is 3.95. The smallest absolute Gasteiger partial charge is 0.205 e. The predicted molar refractivity (Wildman–Crippen MR) is 76.3 cm³/mol. The van der Waals surface area contributed by atoms with Crippen LogP contribution in [0.3, 0.4) is 0 Å². The van der Waals surface area contributed by atoms with E-state index in [0.717, 1.165) is 17.5 Å². The Morgan fingerprint density at radius 1 is 1.32 bits per heavy atom. The van der Waals surface area contributed by atoms with Gasteiger partial charge in [0.1, 0.15) is 6.61 Å². The monoisotopic (exact) mass is 275 g/mol. The van der Waals surface area contributed by atoms with E-state index in [1.807, 2.05) is 6.07 Å². The summed E-state index contributed by atoms with van der Waals surface area (Å²) < 4.78 is 9.42. The number of benzene rings is 1. The van der Waals surface area contributed by atoms with Crippen molar-refractivity contribution in [1.82, 2.24) is 9.36 Å². The number of hydrogen-bond donors (Lipinski definition) is 0. The van der Waals surface area contributed by atoms with Gasteiger partial charge in [-0.05, 0) is 18.4 Å². The second kappa shape index (κ2) is 5.67. The Labute approximate surface area is 117 Å². The quantitative estimate of drug-likeness (QED) is 0.812. The van der Waals surface area contributed by atoms with Gasteiger partial charge in [0.2, 0.25) is 5.13 Å². The molecule has 0 radical (unpaired) electrons. The zero-order valence-electron chi connectivity index (χ0n) is 11.0. The van der Waals surface area contributed by atoms with E-state index in [-0.39, 0.29) is 0 Å².